The zero-order chi connectivity index (χ0) is 16.4. The third-order valence-electron chi connectivity index (χ3n) is 3.65. The van der Waals surface area contributed by atoms with Crippen molar-refractivity contribution in [3.8, 4) is 6.07 Å². The summed E-state index contributed by atoms with van der Waals surface area (Å²) in [4.78, 5) is 5.43. The Bertz CT molecular complexity index is 868. The zero-order valence-corrected chi connectivity index (χ0v) is 13.8. The highest BCUT2D eigenvalue weighted by atomic mass is 32.2. The second-order valence-electron chi connectivity index (χ2n) is 5.36. The smallest absolute Gasteiger partial charge is 0.128 e. The molecule has 23 heavy (non-hydrogen) atoms. The van der Waals surface area contributed by atoms with Crippen molar-refractivity contribution >= 4 is 17.4 Å². The van der Waals surface area contributed by atoms with Gasteiger partial charge in [-0.15, -0.1) is 0 Å². The van der Waals surface area contributed by atoms with E-state index < -0.39 is 0 Å². The van der Waals surface area contributed by atoms with Gasteiger partial charge in [0.2, 0.25) is 0 Å². The second kappa shape index (κ2) is 6.23. The van der Waals surface area contributed by atoms with E-state index in [-0.39, 0.29) is 0 Å². The largest absolute Gasteiger partial charge is 0.397 e. The Kier molecular flexibility index (Phi) is 4.13. The van der Waals surface area contributed by atoms with Crippen molar-refractivity contribution in [1.82, 2.24) is 14.1 Å². The van der Waals surface area contributed by atoms with Crippen LogP contribution in [0.4, 0.5) is 5.69 Å². The number of nitrogens with two attached hydrogens (primary N) is 1. The number of imidazole rings is 1. The number of nitriles is 1. The number of rotatable bonds is 4. The van der Waals surface area contributed by atoms with Gasteiger partial charge in [-0.25, -0.2) is 4.98 Å². The fourth-order valence-corrected chi connectivity index (χ4v) is 3.27. The molecular weight excluding hydrogens is 306 g/mol. The van der Waals surface area contributed by atoms with Gasteiger partial charge in [-0.3, -0.25) is 0 Å². The molecule has 0 aliphatic carbocycles. The molecule has 0 saturated carbocycles. The lowest BCUT2D eigenvalue weighted by molar-refractivity contribution is 0.657. The van der Waals surface area contributed by atoms with Gasteiger partial charge in [0.15, 0.2) is 0 Å². The number of benzene rings is 1. The SMILES string of the molecule is Cc1ccc(Sc2c(N)cc(C#N)n2Cc2nccn2C)cc1. The molecule has 0 atom stereocenters. The van der Waals surface area contributed by atoms with Crippen LogP contribution in [0.2, 0.25) is 0 Å². The van der Waals surface area contributed by atoms with Crippen molar-refractivity contribution in [3.05, 3.63) is 59.8 Å². The molecule has 2 aromatic heterocycles. The molecule has 0 aliphatic heterocycles. The van der Waals surface area contributed by atoms with E-state index in [1.165, 1.54) is 5.56 Å². The van der Waals surface area contributed by atoms with Crippen LogP contribution < -0.4 is 5.73 Å². The van der Waals surface area contributed by atoms with Gasteiger partial charge in [0.1, 0.15) is 22.6 Å². The molecular formula is C17H17N5S. The van der Waals surface area contributed by atoms with E-state index in [1.807, 2.05) is 22.4 Å². The molecule has 0 amide bonds. The van der Waals surface area contributed by atoms with Crippen LogP contribution in [0.3, 0.4) is 0 Å². The number of hydrogen-bond acceptors (Lipinski definition) is 4. The first-order chi connectivity index (χ1) is 11.1. The summed E-state index contributed by atoms with van der Waals surface area (Å²) in [7, 11) is 1.94. The highest BCUT2D eigenvalue weighted by Gasteiger charge is 2.16. The van der Waals surface area contributed by atoms with E-state index in [0.717, 1.165) is 15.7 Å². The predicted octanol–water partition coefficient (Wildman–Crippen LogP) is 3.18. The minimum Gasteiger partial charge on any atom is -0.397 e. The zero-order valence-electron chi connectivity index (χ0n) is 13.0. The molecule has 3 aromatic rings. The van der Waals surface area contributed by atoms with Crippen LogP contribution in [0.1, 0.15) is 17.1 Å². The lowest BCUT2D eigenvalue weighted by Gasteiger charge is -2.11. The highest BCUT2D eigenvalue weighted by Crippen LogP contribution is 2.35. The van der Waals surface area contributed by atoms with Gasteiger partial charge >= 0.3 is 0 Å². The van der Waals surface area contributed by atoms with Crippen LogP contribution in [0, 0.1) is 18.3 Å². The lowest BCUT2D eigenvalue weighted by atomic mass is 10.2. The van der Waals surface area contributed by atoms with Crippen LogP contribution in [-0.4, -0.2) is 14.1 Å². The lowest BCUT2D eigenvalue weighted by Crippen LogP contribution is -2.08. The number of aromatic nitrogens is 3. The second-order valence-corrected chi connectivity index (χ2v) is 6.42. The number of nitrogens with zero attached hydrogens (tertiary/aromatic N) is 4. The predicted molar refractivity (Wildman–Crippen MR) is 91.2 cm³/mol. The van der Waals surface area contributed by atoms with Crippen LogP contribution in [0.25, 0.3) is 0 Å². The van der Waals surface area contributed by atoms with Crippen LogP contribution in [-0.2, 0) is 13.6 Å². The Morgan fingerprint density at radius 3 is 2.65 bits per heavy atom. The molecule has 2 N–H and O–H groups in total. The molecule has 0 unspecified atom stereocenters. The van der Waals surface area contributed by atoms with Crippen molar-refractivity contribution < 1.29 is 0 Å². The first kappa shape index (κ1) is 15.3. The quantitative estimate of drug-likeness (QED) is 0.800. The maximum Gasteiger partial charge on any atom is 0.128 e. The van der Waals surface area contributed by atoms with Crippen LogP contribution in [0.15, 0.2) is 52.6 Å². The van der Waals surface area contributed by atoms with E-state index >= 15 is 0 Å². The fraction of sp³-hybridized carbons (Fsp3) is 0.176. The normalized spacial score (nSPS) is 10.7. The average Bonchev–Trinajstić information content (AvgIpc) is 3.07. The molecule has 3 rings (SSSR count). The van der Waals surface area contributed by atoms with E-state index in [0.29, 0.717) is 17.9 Å². The molecule has 1 aromatic carbocycles. The third-order valence-corrected chi connectivity index (χ3v) is 4.80. The number of anilines is 1. The molecule has 2 heterocycles. The minimum atomic E-state index is 0.512. The van der Waals surface area contributed by atoms with Gasteiger partial charge < -0.3 is 14.9 Å². The van der Waals surface area contributed by atoms with Gasteiger partial charge in [0, 0.05) is 24.3 Å². The molecule has 0 spiro atoms. The minimum absolute atomic E-state index is 0.512. The summed E-state index contributed by atoms with van der Waals surface area (Å²) in [6.45, 7) is 2.57. The molecule has 0 fully saturated rings. The van der Waals surface area contributed by atoms with Gasteiger partial charge in [-0.2, -0.15) is 5.26 Å². The first-order valence-electron chi connectivity index (χ1n) is 7.18. The molecule has 6 heteroatoms. The van der Waals surface area contributed by atoms with E-state index in [2.05, 4.69) is 42.2 Å². The van der Waals surface area contributed by atoms with E-state index in [1.54, 1.807) is 24.0 Å². The summed E-state index contributed by atoms with van der Waals surface area (Å²) in [6, 6.07) is 12.2. The standard InChI is InChI=1S/C17H17N5S/c1-12-3-5-14(6-4-12)23-17-15(19)9-13(10-18)22(17)11-16-20-7-8-21(16)2/h3-9H,11,19H2,1-2H3. The van der Waals surface area contributed by atoms with Crippen LogP contribution in [0.5, 0.6) is 0 Å². The van der Waals surface area contributed by atoms with Gasteiger partial charge in [0.25, 0.3) is 0 Å². The summed E-state index contributed by atoms with van der Waals surface area (Å²) in [6.07, 6.45) is 3.64. The summed E-state index contributed by atoms with van der Waals surface area (Å²) >= 11 is 1.56. The molecule has 0 saturated heterocycles. The van der Waals surface area contributed by atoms with Gasteiger partial charge in [-0.05, 0) is 25.1 Å². The molecule has 0 bridgehead atoms. The summed E-state index contributed by atoms with van der Waals surface area (Å²) in [5.41, 5.74) is 8.51. The van der Waals surface area contributed by atoms with E-state index in [4.69, 9.17) is 5.73 Å². The van der Waals surface area contributed by atoms with E-state index in [9.17, 15) is 5.26 Å². The van der Waals surface area contributed by atoms with Gasteiger partial charge in [-0.1, -0.05) is 29.5 Å². The first-order valence-corrected chi connectivity index (χ1v) is 8.00. The average molecular weight is 323 g/mol. The Morgan fingerprint density at radius 2 is 2.04 bits per heavy atom. The van der Waals surface area contributed by atoms with Crippen molar-refractivity contribution in [2.75, 3.05) is 5.73 Å². The van der Waals surface area contributed by atoms with Crippen molar-refractivity contribution in [2.24, 2.45) is 7.05 Å². The topological polar surface area (TPSA) is 72.6 Å². The molecule has 0 radical (unpaired) electrons. The summed E-state index contributed by atoms with van der Waals surface area (Å²) in [5, 5.41) is 10.3. The van der Waals surface area contributed by atoms with Crippen LogP contribution >= 0.6 is 11.8 Å². The number of aryl methyl sites for hydroxylation is 2. The Morgan fingerprint density at radius 1 is 1.30 bits per heavy atom. The van der Waals surface area contributed by atoms with Crippen molar-refractivity contribution in [3.63, 3.8) is 0 Å². The maximum absolute atomic E-state index is 9.39. The van der Waals surface area contributed by atoms with Gasteiger partial charge in [0.05, 0.1) is 12.2 Å². The molecule has 116 valence electrons. The Balaban J connectivity index is 1.99. The van der Waals surface area contributed by atoms with Crippen molar-refractivity contribution in [1.29, 1.82) is 5.26 Å². The monoisotopic (exact) mass is 323 g/mol. The third kappa shape index (κ3) is 3.10. The number of hydrogen-bond donors (Lipinski definition) is 1. The summed E-state index contributed by atoms with van der Waals surface area (Å²) < 4.78 is 3.86. The fourth-order valence-electron chi connectivity index (χ4n) is 2.32. The highest BCUT2D eigenvalue weighted by molar-refractivity contribution is 7.99. The molecule has 0 aliphatic rings. The number of nitrogen functional groups attached to an aromatic ring is 1. The summed E-state index contributed by atoms with van der Waals surface area (Å²) in [5.74, 6) is 0.878. The van der Waals surface area contributed by atoms with Crippen molar-refractivity contribution in [2.45, 2.75) is 23.4 Å². The Labute approximate surface area is 139 Å². The molecule has 5 nitrogen and oxygen atoms in total. The maximum atomic E-state index is 9.39. The Hall–Kier alpha value is -2.65.